The molecule has 0 spiro atoms. The minimum absolute atomic E-state index is 0.154. The Bertz CT molecular complexity index is 496. The van der Waals surface area contributed by atoms with Gasteiger partial charge in [-0.2, -0.15) is 9.49 Å². The van der Waals surface area contributed by atoms with Gasteiger partial charge in [0.25, 0.3) is 5.95 Å². The lowest BCUT2D eigenvalue weighted by molar-refractivity contribution is 0.276. The van der Waals surface area contributed by atoms with Gasteiger partial charge in [0.1, 0.15) is 6.61 Å². The summed E-state index contributed by atoms with van der Waals surface area (Å²) in [5, 5.41) is 4.17. The number of aryl methyl sites for hydroxylation is 2. The van der Waals surface area contributed by atoms with Crippen LogP contribution in [0.5, 0.6) is 5.75 Å². The van der Waals surface area contributed by atoms with Gasteiger partial charge in [0, 0.05) is 13.2 Å². The summed E-state index contributed by atoms with van der Waals surface area (Å²) in [5.74, 6) is -0.442. The summed E-state index contributed by atoms with van der Waals surface area (Å²) in [7, 11) is 1.82. The molecule has 0 N–H and O–H groups in total. The second kappa shape index (κ2) is 4.30. The van der Waals surface area contributed by atoms with Gasteiger partial charge in [0.05, 0.1) is 11.4 Å². The lowest BCUT2D eigenvalue weighted by Gasteiger charge is -2.06. The Morgan fingerprint density at radius 2 is 2.31 bits per heavy atom. The number of halogens is 1. The Kier molecular flexibility index (Phi) is 2.85. The fraction of sp³-hybridized carbons (Fsp3) is 0.273. The van der Waals surface area contributed by atoms with Gasteiger partial charge in [-0.3, -0.25) is 4.68 Å². The van der Waals surface area contributed by atoms with E-state index in [1.807, 2.05) is 20.0 Å². The number of hydrogen-bond acceptors (Lipinski definition) is 3. The predicted octanol–water partition coefficient (Wildman–Crippen LogP) is 1.84. The van der Waals surface area contributed by atoms with Gasteiger partial charge >= 0.3 is 0 Å². The molecule has 2 aromatic heterocycles. The van der Waals surface area contributed by atoms with Gasteiger partial charge in [-0.25, -0.2) is 4.98 Å². The maximum absolute atomic E-state index is 13.1. The summed E-state index contributed by atoms with van der Waals surface area (Å²) in [6.45, 7) is 2.17. The monoisotopic (exact) mass is 221 g/mol. The van der Waals surface area contributed by atoms with Crippen LogP contribution in [0, 0.1) is 12.9 Å². The lowest BCUT2D eigenvalue weighted by atomic mass is 10.4. The summed E-state index contributed by atoms with van der Waals surface area (Å²) < 4.78 is 20.2. The maximum atomic E-state index is 13.1. The zero-order chi connectivity index (χ0) is 11.5. The van der Waals surface area contributed by atoms with Crippen LogP contribution >= 0.6 is 0 Å². The molecule has 0 saturated heterocycles. The largest absolute Gasteiger partial charge is 0.483 e. The van der Waals surface area contributed by atoms with Crippen molar-refractivity contribution < 1.29 is 9.13 Å². The average molecular weight is 221 g/mol. The molecule has 0 aliphatic rings. The average Bonchev–Trinajstić information content (AvgIpc) is 2.56. The maximum Gasteiger partial charge on any atom is 0.255 e. The van der Waals surface area contributed by atoms with Crippen molar-refractivity contribution in [3.8, 4) is 5.75 Å². The molecule has 2 rings (SSSR count). The minimum atomic E-state index is -0.596. The van der Waals surface area contributed by atoms with Gasteiger partial charge in [-0.05, 0) is 25.1 Å². The fourth-order valence-electron chi connectivity index (χ4n) is 1.43. The van der Waals surface area contributed by atoms with Crippen LogP contribution in [0.4, 0.5) is 4.39 Å². The quantitative estimate of drug-likeness (QED) is 0.742. The SMILES string of the molecule is Cc1cc(COc2cccnc2F)n(C)n1. The molecule has 5 heteroatoms. The first kappa shape index (κ1) is 10.6. The van der Waals surface area contributed by atoms with Crippen LogP contribution in [0.1, 0.15) is 11.4 Å². The van der Waals surface area contributed by atoms with Gasteiger partial charge in [0.15, 0.2) is 5.75 Å². The molecule has 0 radical (unpaired) electrons. The third kappa shape index (κ3) is 2.18. The number of hydrogen-bond donors (Lipinski definition) is 0. The van der Waals surface area contributed by atoms with E-state index in [9.17, 15) is 4.39 Å². The zero-order valence-corrected chi connectivity index (χ0v) is 9.14. The van der Waals surface area contributed by atoms with Gasteiger partial charge in [-0.1, -0.05) is 0 Å². The van der Waals surface area contributed by atoms with Gasteiger partial charge < -0.3 is 4.74 Å². The second-order valence-corrected chi connectivity index (χ2v) is 3.48. The Morgan fingerprint density at radius 3 is 2.94 bits per heavy atom. The Labute approximate surface area is 92.7 Å². The first-order valence-corrected chi connectivity index (χ1v) is 4.89. The molecule has 84 valence electrons. The van der Waals surface area contributed by atoms with Crippen LogP contribution in [0.3, 0.4) is 0 Å². The van der Waals surface area contributed by atoms with Crippen LogP contribution in [0.2, 0.25) is 0 Å². The number of pyridine rings is 1. The van der Waals surface area contributed by atoms with Crippen LogP contribution in [-0.4, -0.2) is 14.8 Å². The molecule has 0 saturated carbocycles. The summed E-state index contributed by atoms with van der Waals surface area (Å²) in [5.41, 5.74) is 1.80. The van der Waals surface area contributed by atoms with Crippen LogP contribution in [-0.2, 0) is 13.7 Å². The normalized spacial score (nSPS) is 10.4. The zero-order valence-electron chi connectivity index (χ0n) is 9.14. The molecule has 16 heavy (non-hydrogen) atoms. The number of rotatable bonds is 3. The molecule has 4 nitrogen and oxygen atoms in total. The van der Waals surface area contributed by atoms with E-state index in [1.54, 1.807) is 16.8 Å². The number of ether oxygens (including phenoxy) is 1. The molecule has 0 bridgehead atoms. The molecule has 2 aromatic rings. The molecule has 2 heterocycles. The highest BCUT2D eigenvalue weighted by Gasteiger charge is 2.06. The van der Waals surface area contributed by atoms with E-state index >= 15 is 0 Å². The van der Waals surface area contributed by atoms with E-state index in [0.29, 0.717) is 0 Å². The first-order chi connectivity index (χ1) is 7.66. The summed E-state index contributed by atoms with van der Waals surface area (Å²) in [6.07, 6.45) is 1.39. The van der Waals surface area contributed by atoms with E-state index in [0.717, 1.165) is 11.4 Å². The van der Waals surface area contributed by atoms with Crippen molar-refractivity contribution in [3.05, 3.63) is 41.7 Å². The highest BCUT2D eigenvalue weighted by Crippen LogP contribution is 2.15. The molecule has 0 aliphatic heterocycles. The molecule has 0 atom stereocenters. The third-order valence-corrected chi connectivity index (χ3v) is 2.20. The van der Waals surface area contributed by atoms with Crippen molar-refractivity contribution in [2.45, 2.75) is 13.5 Å². The van der Waals surface area contributed by atoms with Crippen LogP contribution in [0.25, 0.3) is 0 Å². The predicted molar refractivity (Wildman–Crippen MR) is 56.5 cm³/mol. The first-order valence-electron chi connectivity index (χ1n) is 4.89. The van der Waals surface area contributed by atoms with E-state index < -0.39 is 5.95 Å². The van der Waals surface area contributed by atoms with Crippen LogP contribution in [0.15, 0.2) is 24.4 Å². The van der Waals surface area contributed by atoms with Crippen molar-refractivity contribution in [1.82, 2.24) is 14.8 Å². The smallest absolute Gasteiger partial charge is 0.255 e. The fourth-order valence-corrected chi connectivity index (χ4v) is 1.43. The molecule has 0 aliphatic carbocycles. The third-order valence-electron chi connectivity index (χ3n) is 2.20. The van der Waals surface area contributed by atoms with E-state index in [2.05, 4.69) is 10.1 Å². The second-order valence-electron chi connectivity index (χ2n) is 3.48. The topological polar surface area (TPSA) is 39.9 Å². The van der Waals surface area contributed by atoms with Crippen molar-refractivity contribution in [2.75, 3.05) is 0 Å². The summed E-state index contributed by atoms with van der Waals surface area (Å²) >= 11 is 0. The Hall–Kier alpha value is -1.91. The molecular weight excluding hydrogens is 209 g/mol. The van der Waals surface area contributed by atoms with E-state index in [-0.39, 0.29) is 12.4 Å². The molecule has 0 aromatic carbocycles. The number of aromatic nitrogens is 3. The van der Waals surface area contributed by atoms with Crippen molar-refractivity contribution in [3.63, 3.8) is 0 Å². The standard InChI is InChI=1S/C11H12FN3O/c1-8-6-9(15(2)14-8)7-16-10-4-3-5-13-11(10)12/h3-6H,7H2,1-2H3. The van der Waals surface area contributed by atoms with Crippen molar-refractivity contribution in [1.29, 1.82) is 0 Å². The lowest BCUT2D eigenvalue weighted by Crippen LogP contribution is -2.04. The molecular formula is C11H12FN3O. The molecule has 0 unspecified atom stereocenters. The Morgan fingerprint density at radius 1 is 1.50 bits per heavy atom. The van der Waals surface area contributed by atoms with Crippen LogP contribution < -0.4 is 4.74 Å². The molecule has 0 amide bonds. The van der Waals surface area contributed by atoms with Crippen molar-refractivity contribution >= 4 is 0 Å². The highest BCUT2D eigenvalue weighted by molar-refractivity contribution is 5.18. The molecule has 0 fully saturated rings. The highest BCUT2D eigenvalue weighted by atomic mass is 19.1. The summed E-state index contributed by atoms with van der Waals surface area (Å²) in [6, 6.07) is 5.08. The van der Waals surface area contributed by atoms with Gasteiger partial charge in [0.2, 0.25) is 0 Å². The van der Waals surface area contributed by atoms with Gasteiger partial charge in [-0.15, -0.1) is 0 Å². The number of nitrogens with zero attached hydrogens (tertiary/aromatic N) is 3. The summed E-state index contributed by atoms with van der Waals surface area (Å²) in [4.78, 5) is 3.50. The minimum Gasteiger partial charge on any atom is -0.483 e. The van der Waals surface area contributed by atoms with Crippen molar-refractivity contribution in [2.24, 2.45) is 7.05 Å². The van der Waals surface area contributed by atoms with E-state index in [4.69, 9.17) is 4.74 Å². The Balaban J connectivity index is 2.08. The van der Waals surface area contributed by atoms with E-state index in [1.165, 1.54) is 6.20 Å².